The molecular formula is C13H26O3Si. The fourth-order valence-electron chi connectivity index (χ4n) is 1.88. The largest absolute Gasteiger partial charge is 0.469 e. The van der Waals surface area contributed by atoms with Gasteiger partial charge < -0.3 is 9.16 Å². The lowest BCUT2D eigenvalue weighted by molar-refractivity contribution is -0.168. The molecule has 0 radical (unpaired) electrons. The molecule has 3 nitrogen and oxygen atoms in total. The van der Waals surface area contributed by atoms with Crippen LogP contribution in [-0.4, -0.2) is 27.5 Å². The van der Waals surface area contributed by atoms with Crippen LogP contribution in [0.4, 0.5) is 0 Å². The highest BCUT2D eigenvalue weighted by atomic mass is 28.4. The van der Waals surface area contributed by atoms with Crippen molar-refractivity contribution in [3.63, 3.8) is 0 Å². The first-order chi connectivity index (χ1) is 7.54. The van der Waals surface area contributed by atoms with Gasteiger partial charge in [0.1, 0.15) is 0 Å². The minimum Gasteiger partial charge on any atom is -0.469 e. The Labute approximate surface area is 106 Å². The van der Waals surface area contributed by atoms with Gasteiger partial charge in [-0.2, -0.15) is 0 Å². The van der Waals surface area contributed by atoms with Crippen LogP contribution >= 0.6 is 0 Å². The average molecular weight is 258 g/mol. The molecule has 4 heteroatoms. The molecule has 1 rings (SSSR count). The van der Waals surface area contributed by atoms with Crippen molar-refractivity contribution >= 4 is 14.3 Å². The van der Waals surface area contributed by atoms with Gasteiger partial charge in [0.25, 0.3) is 0 Å². The van der Waals surface area contributed by atoms with Crippen LogP contribution in [0.2, 0.25) is 18.1 Å². The summed E-state index contributed by atoms with van der Waals surface area (Å²) in [6, 6.07) is 0. The number of hydrogen-bond acceptors (Lipinski definition) is 3. The molecule has 0 heterocycles. The van der Waals surface area contributed by atoms with Crippen molar-refractivity contribution in [2.24, 2.45) is 5.41 Å². The summed E-state index contributed by atoms with van der Waals surface area (Å²) >= 11 is 0. The van der Waals surface area contributed by atoms with E-state index in [9.17, 15) is 4.79 Å². The molecule has 0 aromatic heterocycles. The van der Waals surface area contributed by atoms with E-state index in [0.29, 0.717) is 0 Å². The second-order valence-corrected chi connectivity index (χ2v) is 11.6. The van der Waals surface area contributed by atoms with Crippen molar-refractivity contribution in [2.75, 3.05) is 7.11 Å². The maximum absolute atomic E-state index is 11.8. The smallest absolute Gasteiger partial charge is 0.314 e. The Morgan fingerprint density at radius 2 is 1.88 bits per heavy atom. The molecule has 1 aliphatic carbocycles. The van der Waals surface area contributed by atoms with Crippen LogP contribution in [-0.2, 0) is 14.0 Å². The number of esters is 1. The Hall–Kier alpha value is -0.353. The summed E-state index contributed by atoms with van der Waals surface area (Å²) in [6.07, 6.45) is 1.88. The fraction of sp³-hybridized carbons (Fsp3) is 0.923. The van der Waals surface area contributed by atoms with Gasteiger partial charge in [-0.1, -0.05) is 20.8 Å². The minimum atomic E-state index is -1.79. The third-order valence-electron chi connectivity index (χ3n) is 4.53. The molecule has 1 aliphatic rings. The molecule has 0 bridgehead atoms. The summed E-state index contributed by atoms with van der Waals surface area (Å²) in [5, 5.41) is 0.180. The van der Waals surface area contributed by atoms with Gasteiger partial charge in [-0.3, -0.25) is 4.79 Å². The van der Waals surface area contributed by atoms with Gasteiger partial charge in [0, 0.05) is 0 Å². The lowest BCUT2D eigenvalue weighted by atomic mass is 9.68. The van der Waals surface area contributed by atoms with Crippen LogP contribution in [0, 0.1) is 5.41 Å². The van der Waals surface area contributed by atoms with Gasteiger partial charge in [0.05, 0.1) is 18.6 Å². The van der Waals surface area contributed by atoms with Gasteiger partial charge in [-0.25, -0.2) is 0 Å². The van der Waals surface area contributed by atoms with Gasteiger partial charge in [0.15, 0.2) is 8.32 Å². The van der Waals surface area contributed by atoms with Crippen molar-refractivity contribution in [1.29, 1.82) is 0 Å². The van der Waals surface area contributed by atoms with Crippen LogP contribution in [0.25, 0.3) is 0 Å². The van der Waals surface area contributed by atoms with E-state index in [1.54, 1.807) is 0 Å². The number of ether oxygens (including phenoxy) is 1. The lowest BCUT2D eigenvalue weighted by Crippen LogP contribution is -2.56. The molecule has 2 unspecified atom stereocenters. The number of hydrogen-bond donors (Lipinski definition) is 0. The summed E-state index contributed by atoms with van der Waals surface area (Å²) in [5.41, 5.74) is -0.426. The molecule has 0 amide bonds. The van der Waals surface area contributed by atoms with E-state index in [4.69, 9.17) is 9.16 Å². The lowest BCUT2D eigenvalue weighted by Gasteiger charge is -2.50. The van der Waals surface area contributed by atoms with Crippen molar-refractivity contribution in [3.05, 3.63) is 0 Å². The quantitative estimate of drug-likeness (QED) is 0.575. The van der Waals surface area contributed by atoms with Gasteiger partial charge >= 0.3 is 5.97 Å². The molecule has 0 aromatic rings. The standard InChI is InChI=1S/C13H26O3Si/c1-12(2,3)17(6,7)16-10-8-9-13(10,4)11(14)15-5/h10H,8-9H2,1-7H3. The second-order valence-electron chi connectivity index (χ2n) is 6.81. The van der Waals surface area contributed by atoms with E-state index in [-0.39, 0.29) is 17.1 Å². The Balaban J connectivity index is 2.75. The first-order valence-electron chi connectivity index (χ1n) is 6.31. The van der Waals surface area contributed by atoms with E-state index in [1.807, 2.05) is 6.92 Å². The molecule has 0 spiro atoms. The van der Waals surface area contributed by atoms with Crippen molar-refractivity contribution in [1.82, 2.24) is 0 Å². The molecule has 2 atom stereocenters. The molecule has 17 heavy (non-hydrogen) atoms. The summed E-state index contributed by atoms with van der Waals surface area (Å²) in [6.45, 7) is 13.1. The fourth-order valence-corrected chi connectivity index (χ4v) is 3.33. The Kier molecular flexibility index (Phi) is 3.80. The highest BCUT2D eigenvalue weighted by molar-refractivity contribution is 6.74. The monoisotopic (exact) mass is 258 g/mol. The molecular weight excluding hydrogens is 232 g/mol. The molecule has 1 fully saturated rings. The predicted molar refractivity (Wildman–Crippen MR) is 71.4 cm³/mol. The molecule has 0 saturated heterocycles. The maximum atomic E-state index is 11.8. The Morgan fingerprint density at radius 1 is 1.35 bits per heavy atom. The predicted octanol–water partition coefficient (Wildman–Crippen LogP) is 3.35. The number of methoxy groups -OCH3 is 1. The van der Waals surface area contributed by atoms with Crippen molar-refractivity contribution in [2.45, 2.75) is 64.8 Å². The first kappa shape index (κ1) is 14.7. The summed E-state index contributed by atoms with van der Waals surface area (Å²) in [4.78, 5) is 11.8. The Morgan fingerprint density at radius 3 is 2.18 bits per heavy atom. The molecule has 0 aromatic carbocycles. The summed E-state index contributed by atoms with van der Waals surface area (Å²) < 4.78 is 11.2. The first-order valence-corrected chi connectivity index (χ1v) is 9.22. The van der Waals surface area contributed by atoms with E-state index in [1.165, 1.54) is 7.11 Å². The van der Waals surface area contributed by atoms with Gasteiger partial charge in [0.2, 0.25) is 0 Å². The van der Waals surface area contributed by atoms with Crippen LogP contribution in [0.15, 0.2) is 0 Å². The maximum Gasteiger partial charge on any atom is 0.314 e. The van der Waals surface area contributed by atoms with Crippen LogP contribution in [0.1, 0.15) is 40.5 Å². The summed E-state index contributed by atoms with van der Waals surface area (Å²) in [7, 11) is -0.339. The van der Waals surface area contributed by atoms with E-state index >= 15 is 0 Å². The Bertz CT molecular complexity index is 306. The van der Waals surface area contributed by atoms with E-state index in [2.05, 4.69) is 33.9 Å². The zero-order valence-corrected chi connectivity index (χ0v) is 13.2. The summed E-state index contributed by atoms with van der Waals surface area (Å²) in [5.74, 6) is -0.132. The molecule has 100 valence electrons. The van der Waals surface area contributed by atoms with Gasteiger partial charge in [-0.15, -0.1) is 0 Å². The van der Waals surface area contributed by atoms with Crippen molar-refractivity contribution in [3.8, 4) is 0 Å². The zero-order chi connectivity index (χ0) is 13.5. The van der Waals surface area contributed by atoms with Gasteiger partial charge in [-0.05, 0) is 37.9 Å². The zero-order valence-electron chi connectivity index (χ0n) is 12.2. The highest BCUT2D eigenvalue weighted by Crippen LogP contribution is 2.48. The number of carbonyl (C=O) groups is 1. The topological polar surface area (TPSA) is 35.5 Å². The molecule has 0 aliphatic heterocycles. The third kappa shape index (κ3) is 2.57. The molecule has 1 saturated carbocycles. The van der Waals surface area contributed by atoms with Crippen LogP contribution in [0.5, 0.6) is 0 Å². The number of carbonyl (C=O) groups excluding carboxylic acids is 1. The molecule has 0 N–H and O–H groups in total. The average Bonchev–Trinajstić information content (AvgIpc) is 2.20. The van der Waals surface area contributed by atoms with Crippen LogP contribution < -0.4 is 0 Å². The SMILES string of the molecule is COC(=O)C1(C)CCC1O[Si](C)(C)C(C)(C)C. The third-order valence-corrected chi connectivity index (χ3v) is 9.02. The van der Waals surface area contributed by atoms with E-state index in [0.717, 1.165) is 12.8 Å². The normalized spacial score (nSPS) is 29.7. The minimum absolute atomic E-state index is 0.0378. The van der Waals surface area contributed by atoms with Crippen LogP contribution in [0.3, 0.4) is 0 Å². The number of rotatable bonds is 3. The van der Waals surface area contributed by atoms with Crippen molar-refractivity contribution < 1.29 is 14.0 Å². The second kappa shape index (κ2) is 4.39. The highest BCUT2D eigenvalue weighted by Gasteiger charge is 2.53. The van der Waals surface area contributed by atoms with E-state index < -0.39 is 13.7 Å².